The molecule has 1 saturated heterocycles. The smallest absolute Gasteiger partial charge is 0.324 e. The van der Waals surface area contributed by atoms with E-state index in [1.165, 1.54) is 16.4 Å². The quantitative estimate of drug-likeness (QED) is 0.546. The van der Waals surface area contributed by atoms with Crippen LogP contribution in [-0.2, 0) is 24.3 Å². The van der Waals surface area contributed by atoms with Crippen molar-refractivity contribution >= 4 is 50.3 Å². The number of aryl methyl sites for hydroxylation is 1. The van der Waals surface area contributed by atoms with E-state index in [1.807, 2.05) is 6.92 Å². The number of ether oxygens (including phenoxy) is 1. The molecule has 3 aromatic rings. The fraction of sp³-hybridized carbons (Fsp3) is 0.333. The minimum absolute atomic E-state index is 0.130. The number of anilines is 1. The number of amides is 1. The summed E-state index contributed by atoms with van der Waals surface area (Å²) >= 11 is 1.03. The van der Waals surface area contributed by atoms with Gasteiger partial charge in [-0.2, -0.15) is 13.1 Å². The Labute approximate surface area is 189 Å². The molecule has 1 N–H and O–H groups in total. The highest BCUT2D eigenvalue weighted by Gasteiger charge is 2.38. The number of nitrogens with one attached hydrogen (secondary N) is 1. The van der Waals surface area contributed by atoms with Crippen LogP contribution in [0.4, 0.5) is 5.69 Å². The Balaban J connectivity index is 1.42. The first-order chi connectivity index (χ1) is 15.4. The number of fused-ring (bicyclic) bond motifs is 1. The van der Waals surface area contributed by atoms with Crippen molar-refractivity contribution in [2.45, 2.75) is 37.1 Å². The van der Waals surface area contributed by atoms with Crippen LogP contribution in [0.5, 0.6) is 0 Å². The average molecular weight is 475 g/mol. The van der Waals surface area contributed by atoms with E-state index in [0.717, 1.165) is 17.3 Å². The molecule has 1 unspecified atom stereocenters. The summed E-state index contributed by atoms with van der Waals surface area (Å²) in [5.41, 5.74) is 2.62. The number of esters is 1. The molecule has 1 aliphatic heterocycles. The number of carbonyl (C=O) groups is 2. The fourth-order valence-corrected chi connectivity index (χ4v) is 5.80. The molecule has 0 saturated carbocycles. The topological polar surface area (TPSA) is 119 Å². The SMILES string of the molecule is Cc1ccc(S(=O)(=O)N2CCCCC2C(=O)OCC(=O)Nc2cccc3nsnc23)cc1. The van der Waals surface area contributed by atoms with E-state index in [1.54, 1.807) is 30.3 Å². The molecule has 1 atom stereocenters. The molecule has 2 heterocycles. The van der Waals surface area contributed by atoms with Crippen LogP contribution in [0.15, 0.2) is 47.4 Å². The van der Waals surface area contributed by atoms with Gasteiger partial charge < -0.3 is 10.1 Å². The molecule has 1 amide bonds. The lowest BCUT2D eigenvalue weighted by atomic mass is 10.1. The summed E-state index contributed by atoms with van der Waals surface area (Å²) in [5.74, 6) is -1.27. The standard InChI is InChI=1S/C21H22N4O5S2/c1-14-8-10-15(11-9-14)32(28,29)25-12-3-2-7-18(25)21(27)30-13-19(26)22-16-5-4-6-17-20(16)24-31-23-17/h4-6,8-11,18H,2-3,7,12-13H2,1H3,(H,22,26). The van der Waals surface area contributed by atoms with Crippen molar-refractivity contribution in [3.63, 3.8) is 0 Å². The lowest BCUT2D eigenvalue weighted by Crippen LogP contribution is -2.48. The maximum absolute atomic E-state index is 13.1. The van der Waals surface area contributed by atoms with Crippen molar-refractivity contribution in [1.82, 2.24) is 13.1 Å². The van der Waals surface area contributed by atoms with Crippen LogP contribution in [0.3, 0.4) is 0 Å². The molecule has 0 radical (unpaired) electrons. The van der Waals surface area contributed by atoms with Crippen molar-refractivity contribution in [2.75, 3.05) is 18.5 Å². The maximum Gasteiger partial charge on any atom is 0.324 e. The Bertz CT molecular complexity index is 1240. The third kappa shape index (κ3) is 4.64. The van der Waals surface area contributed by atoms with E-state index >= 15 is 0 Å². The first kappa shape index (κ1) is 22.3. The van der Waals surface area contributed by atoms with Crippen LogP contribution >= 0.6 is 11.7 Å². The van der Waals surface area contributed by atoms with Crippen molar-refractivity contribution in [3.05, 3.63) is 48.0 Å². The van der Waals surface area contributed by atoms with E-state index in [-0.39, 0.29) is 11.4 Å². The summed E-state index contributed by atoms with van der Waals surface area (Å²) in [5, 5.41) is 2.66. The van der Waals surface area contributed by atoms with Gasteiger partial charge in [0.15, 0.2) is 6.61 Å². The van der Waals surface area contributed by atoms with Gasteiger partial charge in [-0.3, -0.25) is 9.59 Å². The van der Waals surface area contributed by atoms with Crippen molar-refractivity contribution in [1.29, 1.82) is 0 Å². The molecular formula is C21H22N4O5S2. The lowest BCUT2D eigenvalue weighted by molar-refractivity contribution is -0.152. The van der Waals surface area contributed by atoms with Crippen LogP contribution in [0, 0.1) is 6.92 Å². The zero-order valence-corrected chi connectivity index (χ0v) is 19.0. The molecule has 9 nitrogen and oxygen atoms in total. The van der Waals surface area contributed by atoms with Crippen molar-refractivity contribution < 1.29 is 22.7 Å². The molecule has 1 aromatic heterocycles. The second-order valence-corrected chi connectivity index (χ2v) is 9.95. The Kier molecular flexibility index (Phi) is 6.49. The van der Waals surface area contributed by atoms with E-state index in [4.69, 9.17) is 4.74 Å². The van der Waals surface area contributed by atoms with Gasteiger partial charge in [-0.05, 0) is 50.5 Å². The highest BCUT2D eigenvalue weighted by molar-refractivity contribution is 7.89. The highest BCUT2D eigenvalue weighted by Crippen LogP contribution is 2.26. The number of aromatic nitrogens is 2. The minimum atomic E-state index is -3.86. The minimum Gasteiger partial charge on any atom is -0.454 e. The van der Waals surface area contributed by atoms with E-state index in [0.29, 0.717) is 36.0 Å². The number of benzene rings is 2. The van der Waals surface area contributed by atoms with Gasteiger partial charge >= 0.3 is 5.97 Å². The number of nitrogens with zero attached hydrogens (tertiary/aromatic N) is 3. The first-order valence-corrected chi connectivity index (χ1v) is 12.3. The maximum atomic E-state index is 13.1. The van der Waals surface area contributed by atoms with Gasteiger partial charge in [0.05, 0.1) is 22.3 Å². The van der Waals surface area contributed by atoms with Crippen LogP contribution in [0.25, 0.3) is 11.0 Å². The predicted octanol–water partition coefficient (Wildman–Crippen LogP) is 2.72. The van der Waals surface area contributed by atoms with Crippen LogP contribution < -0.4 is 5.32 Å². The molecule has 1 aliphatic rings. The summed E-state index contributed by atoms with van der Waals surface area (Å²) in [7, 11) is -3.86. The number of piperidine rings is 1. The Morgan fingerprint density at radius 2 is 1.94 bits per heavy atom. The Morgan fingerprint density at radius 3 is 2.72 bits per heavy atom. The molecule has 4 rings (SSSR count). The van der Waals surface area contributed by atoms with Crippen LogP contribution in [-0.4, -0.2) is 52.5 Å². The van der Waals surface area contributed by atoms with E-state index in [2.05, 4.69) is 14.1 Å². The van der Waals surface area contributed by atoms with Gasteiger partial charge in [0, 0.05) is 6.54 Å². The Morgan fingerprint density at radius 1 is 1.16 bits per heavy atom. The van der Waals surface area contributed by atoms with E-state index < -0.39 is 34.5 Å². The summed E-state index contributed by atoms with van der Waals surface area (Å²) in [6.07, 6.45) is 1.70. The average Bonchev–Trinajstić information content (AvgIpc) is 3.28. The summed E-state index contributed by atoms with van der Waals surface area (Å²) < 4.78 is 40.9. The van der Waals surface area contributed by atoms with Crippen LogP contribution in [0.2, 0.25) is 0 Å². The predicted molar refractivity (Wildman–Crippen MR) is 120 cm³/mol. The zero-order chi connectivity index (χ0) is 22.7. The molecule has 1 fully saturated rings. The molecule has 11 heteroatoms. The van der Waals surface area contributed by atoms with Gasteiger partial charge in [0.1, 0.15) is 17.1 Å². The number of hydrogen-bond acceptors (Lipinski definition) is 8. The number of carbonyl (C=O) groups excluding carboxylic acids is 2. The van der Waals surface area contributed by atoms with Gasteiger partial charge in [0.25, 0.3) is 5.91 Å². The summed E-state index contributed by atoms with van der Waals surface area (Å²) in [4.78, 5) is 25.2. The first-order valence-electron chi connectivity index (χ1n) is 10.1. The number of hydrogen-bond donors (Lipinski definition) is 1. The molecule has 0 spiro atoms. The van der Waals surface area contributed by atoms with Crippen LogP contribution in [0.1, 0.15) is 24.8 Å². The van der Waals surface area contributed by atoms with Gasteiger partial charge in [0.2, 0.25) is 10.0 Å². The van der Waals surface area contributed by atoms with Gasteiger partial charge in [-0.25, -0.2) is 8.42 Å². The van der Waals surface area contributed by atoms with Crippen molar-refractivity contribution in [3.8, 4) is 0 Å². The number of rotatable bonds is 6. The largest absolute Gasteiger partial charge is 0.454 e. The Hall–Kier alpha value is -2.89. The normalized spacial score (nSPS) is 17.2. The third-order valence-corrected chi connectivity index (χ3v) is 7.72. The number of sulfonamides is 1. The second kappa shape index (κ2) is 9.31. The second-order valence-electron chi connectivity index (χ2n) is 7.53. The molecule has 168 valence electrons. The molecular weight excluding hydrogens is 452 g/mol. The van der Waals surface area contributed by atoms with Crippen molar-refractivity contribution in [2.24, 2.45) is 0 Å². The summed E-state index contributed by atoms with van der Waals surface area (Å²) in [6.45, 7) is 1.57. The third-order valence-electron chi connectivity index (χ3n) is 5.26. The molecule has 32 heavy (non-hydrogen) atoms. The monoisotopic (exact) mass is 474 g/mol. The zero-order valence-electron chi connectivity index (χ0n) is 17.4. The molecule has 0 bridgehead atoms. The fourth-order valence-electron chi connectivity index (χ4n) is 3.60. The van der Waals surface area contributed by atoms with Gasteiger partial charge in [-0.15, -0.1) is 0 Å². The van der Waals surface area contributed by atoms with E-state index in [9.17, 15) is 18.0 Å². The highest BCUT2D eigenvalue weighted by atomic mass is 32.2. The summed E-state index contributed by atoms with van der Waals surface area (Å²) in [6, 6.07) is 10.7. The van der Waals surface area contributed by atoms with Gasteiger partial charge in [-0.1, -0.05) is 23.8 Å². The molecule has 0 aliphatic carbocycles. The lowest BCUT2D eigenvalue weighted by Gasteiger charge is -2.33. The molecule has 2 aromatic carbocycles.